The van der Waals surface area contributed by atoms with Gasteiger partial charge in [0.05, 0.1) is 0 Å². The van der Waals surface area contributed by atoms with Crippen molar-refractivity contribution in [1.29, 1.82) is 0 Å². The smallest absolute Gasteiger partial charge is 0.407 e. The number of alkyl carbamates (subject to hydrolysis) is 1. The van der Waals surface area contributed by atoms with Crippen LogP contribution in [0.4, 0.5) is 4.79 Å². The molecule has 0 aromatic heterocycles. The van der Waals surface area contributed by atoms with E-state index >= 15 is 0 Å². The molecule has 3 aliphatic rings. The molecule has 0 radical (unpaired) electrons. The molecular formula is C19H23NO2. The van der Waals surface area contributed by atoms with Gasteiger partial charge in [0.2, 0.25) is 0 Å². The van der Waals surface area contributed by atoms with Gasteiger partial charge in [-0.25, -0.2) is 4.79 Å². The molecule has 3 nitrogen and oxygen atoms in total. The van der Waals surface area contributed by atoms with Crippen LogP contribution in [-0.2, 0) is 11.2 Å². The number of aryl methyl sites for hydroxylation is 1. The molecule has 2 fully saturated rings. The van der Waals surface area contributed by atoms with Gasteiger partial charge in [-0.15, -0.1) is 0 Å². The standard InChI is InChI=1S/C19H23NO2/c1-12-14-9-10-19(12,2)17(11-14)20-18(21)22-16-8-7-13-5-3-4-6-15(13)16/h3-6,14,16-17H,1,7-11H2,2H3,(H,20,21). The first-order valence-corrected chi connectivity index (χ1v) is 8.32. The molecule has 2 bridgehead atoms. The van der Waals surface area contributed by atoms with Crippen molar-refractivity contribution in [3.8, 4) is 0 Å². The molecule has 2 saturated carbocycles. The first-order valence-electron chi connectivity index (χ1n) is 8.32. The average molecular weight is 297 g/mol. The van der Waals surface area contributed by atoms with Crippen molar-refractivity contribution in [2.75, 3.05) is 0 Å². The fraction of sp³-hybridized carbons (Fsp3) is 0.526. The number of amides is 1. The lowest BCUT2D eigenvalue weighted by Gasteiger charge is -2.32. The molecule has 22 heavy (non-hydrogen) atoms. The topological polar surface area (TPSA) is 38.3 Å². The summed E-state index contributed by atoms with van der Waals surface area (Å²) in [5.41, 5.74) is 3.86. The van der Waals surface area contributed by atoms with Crippen LogP contribution in [0.3, 0.4) is 0 Å². The first-order chi connectivity index (χ1) is 10.6. The third kappa shape index (κ3) is 1.98. The van der Waals surface area contributed by atoms with Crippen LogP contribution >= 0.6 is 0 Å². The van der Waals surface area contributed by atoms with E-state index in [4.69, 9.17) is 4.74 Å². The van der Waals surface area contributed by atoms with E-state index in [1.165, 1.54) is 23.1 Å². The van der Waals surface area contributed by atoms with E-state index in [1.54, 1.807) is 0 Å². The number of rotatable bonds is 2. The van der Waals surface area contributed by atoms with Crippen molar-refractivity contribution in [3.63, 3.8) is 0 Å². The minimum Gasteiger partial charge on any atom is -0.441 e. The van der Waals surface area contributed by atoms with Crippen LogP contribution in [0.5, 0.6) is 0 Å². The Morgan fingerprint density at radius 2 is 2.18 bits per heavy atom. The fourth-order valence-electron chi connectivity index (χ4n) is 4.64. The second-order valence-corrected chi connectivity index (χ2v) is 7.24. The van der Waals surface area contributed by atoms with E-state index in [1.807, 2.05) is 12.1 Å². The van der Waals surface area contributed by atoms with Crippen LogP contribution in [0.15, 0.2) is 36.4 Å². The zero-order valence-electron chi connectivity index (χ0n) is 13.1. The number of fused-ring (bicyclic) bond motifs is 3. The van der Waals surface area contributed by atoms with Crippen molar-refractivity contribution in [3.05, 3.63) is 47.5 Å². The maximum Gasteiger partial charge on any atom is 0.407 e. The molecule has 0 heterocycles. The van der Waals surface area contributed by atoms with Crippen LogP contribution in [0.25, 0.3) is 0 Å². The summed E-state index contributed by atoms with van der Waals surface area (Å²) in [4.78, 5) is 12.3. The van der Waals surface area contributed by atoms with E-state index in [9.17, 15) is 4.79 Å². The van der Waals surface area contributed by atoms with E-state index in [0.717, 1.165) is 25.7 Å². The Balaban J connectivity index is 1.41. The highest BCUT2D eigenvalue weighted by Crippen LogP contribution is 2.57. The van der Waals surface area contributed by atoms with Crippen molar-refractivity contribution >= 4 is 6.09 Å². The fourth-order valence-corrected chi connectivity index (χ4v) is 4.64. The maximum absolute atomic E-state index is 12.3. The van der Waals surface area contributed by atoms with Gasteiger partial charge in [0, 0.05) is 11.5 Å². The number of carbonyl (C=O) groups excluding carboxylic acids is 1. The molecule has 4 unspecified atom stereocenters. The number of hydrogen-bond donors (Lipinski definition) is 1. The second kappa shape index (κ2) is 4.87. The highest BCUT2D eigenvalue weighted by molar-refractivity contribution is 5.68. The van der Waals surface area contributed by atoms with Gasteiger partial charge in [-0.1, -0.05) is 43.3 Å². The van der Waals surface area contributed by atoms with E-state index in [-0.39, 0.29) is 23.7 Å². The highest BCUT2D eigenvalue weighted by atomic mass is 16.6. The summed E-state index contributed by atoms with van der Waals surface area (Å²) in [7, 11) is 0. The predicted octanol–water partition coefficient (Wildman–Crippen LogP) is 4.14. The summed E-state index contributed by atoms with van der Waals surface area (Å²) < 4.78 is 5.71. The lowest BCUT2D eigenvalue weighted by atomic mass is 9.80. The Labute approximate surface area is 131 Å². The van der Waals surface area contributed by atoms with Crippen molar-refractivity contribution in [1.82, 2.24) is 5.32 Å². The molecule has 1 aromatic rings. The van der Waals surface area contributed by atoms with Crippen molar-refractivity contribution in [2.24, 2.45) is 11.3 Å². The Morgan fingerprint density at radius 3 is 2.91 bits per heavy atom. The quantitative estimate of drug-likeness (QED) is 0.833. The number of hydrogen-bond acceptors (Lipinski definition) is 2. The van der Waals surface area contributed by atoms with Gasteiger partial charge in [-0.2, -0.15) is 0 Å². The van der Waals surface area contributed by atoms with E-state index < -0.39 is 0 Å². The van der Waals surface area contributed by atoms with Crippen molar-refractivity contribution in [2.45, 2.75) is 51.2 Å². The molecule has 3 heteroatoms. The molecule has 116 valence electrons. The van der Waals surface area contributed by atoms with Gasteiger partial charge in [-0.05, 0) is 49.1 Å². The third-order valence-corrected chi connectivity index (χ3v) is 6.15. The lowest BCUT2D eigenvalue weighted by molar-refractivity contribution is 0.0886. The first kappa shape index (κ1) is 13.9. The van der Waals surface area contributed by atoms with Gasteiger partial charge >= 0.3 is 6.09 Å². The largest absolute Gasteiger partial charge is 0.441 e. The van der Waals surface area contributed by atoms with Gasteiger partial charge in [0.15, 0.2) is 0 Å². The molecule has 0 aliphatic heterocycles. The summed E-state index contributed by atoms with van der Waals surface area (Å²) in [6, 6.07) is 8.43. The molecule has 0 spiro atoms. The van der Waals surface area contributed by atoms with E-state index in [2.05, 4.69) is 31.0 Å². The van der Waals surface area contributed by atoms with Gasteiger partial charge < -0.3 is 10.1 Å². The Kier molecular flexibility index (Phi) is 3.07. The van der Waals surface area contributed by atoms with Gasteiger partial charge in [-0.3, -0.25) is 0 Å². The molecule has 4 atom stereocenters. The molecule has 1 aromatic carbocycles. The van der Waals surface area contributed by atoms with Gasteiger partial charge in [0.1, 0.15) is 6.10 Å². The number of ether oxygens (including phenoxy) is 1. The highest BCUT2D eigenvalue weighted by Gasteiger charge is 2.52. The van der Waals surface area contributed by atoms with Crippen LogP contribution in [0.2, 0.25) is 0 Å². The minimum absolute atomic E-state index is 0.0667. The molecular weight excluding hydrogens is 274 g/mol. The minimum atomic E-state index is -0.270. The molecule has 4 rings (SSSR count). The lowest BCUT2D eigenvalue weighted by Crippen LogP contribution is -2.44. The Bertz CT molecular complexity index is 638. The molecule has 1 amide bonds. The number of benzene rings is 1. The second-order valence-electron chi connectivity index (χ2n) is 7.24. The van der Waals surface area contributed by atoms with Crippen LogP contribution in [-0.4, -0.2) is 12.1 Å². The summed E-state index contributed by atoms with van der Waals surface area (Å²) in [5.74, 6) is 0.586. The average Bonchev–Trinajstić information content (AvgIpc) is 3.10. The van der Waals surface area contributed by atoms with Crippen molar-refractivity contribution < 1.29 is 9.53 Å². The maximum atomic E-state index is 12.3. The van der Waals surface area contributed by atoms with Gasteiger partial charge in [0.25, 0.3) is 0 Å². The van der Waals surface area contributed by atoms with Crippen LogP contribution in [0, 0.1) is 11.3 Å². The zero-order valence-corrected chi connectivity index (χ0v) is 13.1. The monoisotopic (exact) mass is 297 g/mol. The molecule has 3 aliphatic carbocycles. The number of nitrogens with one attached hydrogen (secondary N) is 1. The summed E-state index contributed by atoms with van der Waals surface area (Å²) in [6.45, 7) is 6.48. The normalized spacial score (nSPS) is 35.5. The summed E-state index contributed by atoms with van der Waals surface area (Å²) in [5, 5.41) is 3.12. The SMILES string of the molecule is C=C1C2CCC1(C)C(NC(=O)OC1CCc3ccccc31)C2. The van der Waals surface area contributed by atoms with E-state index in [0.29, 0.717) is 5.92 Å². The Morgan fingerprint density at radius 1 is 1.36 bits per heavy atom. The van der Waals surface area contributed by atoms with Crippen LogP contribution in [0.1, 0.15) is 49.8 Å². The third-order valence-electron chi connectivity index (χ3n) is 6.15. The van der Waals surface area contributed by atoms with Crippen LogP contribution < -0.4 is 5.32 Å². The summed E-state index contributed by atoms with van der Waals surface area (Å²) >= 11 is 0. The predicted molar refractivity (Wildman–Crippen MR) is 85.5 cm³/mol. The Hall–Kier alpha value is -1.77. The molecule has 1 N–H and O–H groups in total. The number of carbonyl (C=O) groups is 1. The summed E-state index contributed by atoms with van der Waals surface area (Å²) in [6.07, 6.45) is 4.90. The zero-order chi connectivity index (χ0) is 15.3. The molecule has 0 saturated heterocycles.